The molecular formula is C7H2Cl2F2INO. The zero-order valence-corrected chi connectivity index (χ0v) is 10.1. The minimum Gasteiger partial charge on any atom is -0.275 e. The van der Waals surface area contributed by atoms with Crippen molar-refractivity contribution in [1.29, 1.82) is 0 Å². The minimum absolute atomic E-state index is 0.111. The summed E-state index contributed by atoms with van der Waals surface area (Å²) in [5.74, 6) is 0. The number of halogens is 5. The second-order valence-corrected chi connectivity index (χ2v) is 4.12. The quantitative estimate of drug-likeness (QED) is 0.462. The van der Waals surface area contributed by atoms with E-state index < -0.39 is 22.9 Å². The molecule has 0 spiro atoms. The summed E-state index contributed by atoms with van der Waals surface area (Å²) in [4.78, 5) is 14.3. The molecule has 0 amide bonds. The molecule has 1 rings (SSSR count). The van der Waals surface area contributed by atoms with E-state index in [1.54, 1.807) is 22.6 Å². The lowest BCUT2D eigenvalue weighted by Gasteiger charge is -2.06. The lowest BCUT2D eigenvalue weighted by atomic mass is 10.2. The van der Waals surface area contributed by atoms with E-state index in [2.05, 4.69) is 4.98 Å². The lowest BCUT2D eigenvalue weighted by Crippen LogP contribution is -2.04. The highest BCUT2D eigenvalue weighted by Crippen LogP contribution is 2.29. The van der Waals surface area contributed by atoms with Gasteiger partial charge in [0.05, 0.1) is 10.6 Å². The summed E-state index contributed by atoms with van der Waals surface area (Å²) in [7, 11) is 0. The Kier molecular flexibility index (Phi) is 4.03. The first-order valence-electron chi connectivity index (χ1n) is 3.27. The molecule has 0 atom stereocenters. The van der Waals surface area contributed by atoms with Gasteiger partial charge in [0.15, 0.2) is 0 Å². The van der Waals surface area contributed by atoms with Crippen molar-refractivity contribution in [1.82, 2.24) is 4.98 Å². The van der Waals surface area contributed by atoms with Gasteiger partial charge in [0, 0.05) is 0 Å². The van der Waals surface area contributed by atoms with Gasteiger partial charge < -0.3 is 0 Å². The second-order valence-electron chi connectivity index (χ2n) is 2.26. The fraction of sp³-hybridized carbons (Fsp3) is 0.143. The highest BCUT2D eigenvalue weighted by molar-refractivity contribution is 14.1. The van der Waals surface area contributed by atoms with Crippen LogP contribution in [0.15, 0.2) is 6.07 Å². The molecule has 0 N–H and O–H groups in total. The third-order valence-corrected chi connectivity index (χ3v) is 2.41. The molecule has 0 aliphatic rings. The smallest absolute Gasteiger partial charge is 0.275 e. The predicted molar refractivity (Wildman–Crippen MR) is 57.1 cm³/mol. The van der Waals surface area contributed by atoms with Gasteiger partial charge in [-0.05, 0) is 40.3 Å². The largest absolute Gasteiger partial charge is 0.281 e. The Bertz CT molecular complexity index is 386. The van der Waals surface area contributed by atoms with Crippen LogP contribution in [0.1, 0.15) is 22.5 Å². The molecule has 0 saturated heterocycles. The molecule has 14 heavy (non-hydrogen) atoms. The highest BCUT2D eigenvalue weighted by Gasteiger charge is 2.22. The van der Waals surface area contributed by atoms with E-state index in [-0.39, 0.29) is 8.72 Å². The maximum Gasteiger partial charge on any atom is 0.281 e. The fourth-order valence-electron chi connectivity index (χ4n) is 0.855. The van der Waals surface area contributed by atoms with Gasteiger partial charge in [0.2, 0.25) is 0 Å². The summed E-state index contributed by atoms with van der Waals surface area (Å²) in [5, 5.41) is -1.14. The van der Waals surface area contributed by atoms with Crippen LogP contribution in [0.3, 0.4) is 0 Å². The van der Waals surface area contributed by atoms with Gasteiger partial charge in [-0.25, -0.2) is 13.8 Å². The number of carbonyl (C=O) groups is 1. The molecule has 0 unspecified atom stereocenters. The molecule has 76 valence electrons. The molecule has 0 radical (unpaired) electrons. The molecule has 0 saturated carbocycles. The van der Waals surface area contributed by atoms with Crippen LogP contribution >= 0.6 is 45.8 Å². The summed E-state index contributed by atoms with van der Waals surface area (Å²) < 4.78 is 25.1. The Morgan fingerprint density at radius 1 is 1.57 bits per heavy atom. The molecule has 0 bridgehead atoms. The highest BCUT2D eigenvalue weighted by atomic mass is 127. The van der Waals surface area contributed by atoms with Crippen LogP contribution in [0.25, 0.3) is 0 Å². The maximum absolute atomic E-state index is 12.4. The first kappa shape index (κ1) is 12.1. The number of pyridine rings is 1. The van der Waals surface area contributed by atoms with E-state index in [9.17, 15) is 13.6 Å². The summed E-state index contributed by atoms with van der Waals surface area (Å²) in [6, 6.07) is 1.30. The first-order valence-corrected chi connectivity index (χ1v) is 5.11. The second kappa shape index (κ2) is 4.67. The number of aromatic nitrogens is 1. The molecule has 2 nitrogen and oxygen atoms in total. The van der Waals surface area contributed by atoms with Gasteiger partial charge in [0.1, 0.15) is 9.39 Å². The van der Waals surface area contributed by atoms with Crippen molar-refractivity contribution < 1.29 is 13.6 Å². The molecule has 1 aromatic heterocycles. The molecule has 0 aromatic carbocycles. The van der Waals surface area contributed by atoms with E-state index in [1.807, 2.05) is 0 Å². The van der Waals surface area contributed by atoms with Crippen molar-refractivity contribution in [3.05, 3.63) is 26.0 Å². The van der Waals surface area contributed by atoms with E-state index >= 15 is 0 Å². The summed E-state index contributed by atoms with van der Waals surface area (Å²) >= 11 is 12.4. The van der Waals surface area contributed by atoms with Crippen molar-refractivity contribution in [2.75, 3.05) is 0 Å². The molecule has 1 aromatic rings. The standard InChI is InChI=1S/C7H2Cl2F2INO/c8-2-1-3(12)13-5(7(10)11)4(2)6(9)14/h1,7H. The number of nitrogens with zero attached hydrogens (tertiary/aromatic N) is 1. The van der Waals surface area contributed by atoms with Crippen LogP contribution in [-0.2, 0) is 0 Å². The molecule has 0 aliphatic heterocycles. The number of hydrogen-bond acceptors (Lipinski definition) is 2. The molecular weight excluding hydrogens is 350 g/mol. The van der Waals surface area contributed by atoms with Gasteiger partial charge in [-0.1, -0.05) is 11.6 Å². The van der Waals surface area contributed by atoms with Crippen LogP contribution in [-0.4, -0.2) is 10.2 Å². The van der Waals surface area contributed by atoms with Gasteiger partial charge in [-0.3, -0.25) is 4.79 Å². The Balaban J connectivity index is 3.44. The van der Waals surface area contributed by atoms with Crippen LogP contribution < -0.4 is 0 Å². The zero-order valence-electron chi connectivity index (χ0n) is 6.40. The van der Waals surface area contributed by atoms with Crippen molar-refractivity contribution in [2.24, 2.45) is 0 Å². The Morgan fingerprint density at radius 3 is 2.57 bits per heavy atom. The third kappa shape index (κ3) is 2.52. The third-order valence-electron chi connectivity index (χ3n) is 1.37. The van der Waals surface area contributed by atoms with Crippen LogP contribution in [0.4, 0.5) is 8.78 Å². The Morgan fingerprint density at radius 2 is 2.14 bits per heavy atom. The van der Waals surface area contributed by atoms with Crippen LogP contribution in [0.2, 0.25) is 5.02 Å². The fourth-order valence-corrected chi connectivity index (χ4v) is 2.14. The summed E-state index contributed by atoms with van der Waals surface area (Å²) in [5.41, 5.74) is -1.11. The van der Waals surface area contributed by atoms with E-state index in [1.165, 1.54) is 6.07 Å². The predicted octanol–water partition coefficient (Wildman–Crippen LogP) is 3.66. The summed E-state index contributed by atoms with van der Waals surface area (Å²) in [6.45, 7) is 0. The van der Waals surface area contributed by atoms with Crippen LogP contribution in [0.5, 0.6) is 0 Å². The Labute approximate surface area is 102 Å². The van der Waals surface area contributed by atoms with Gasteiger partial charge in [-0.15, -0.1) is 0 Å². The first-order chi connectivity index (χ1) is 6.43. The lowest BCUT2D eigenvalue weighted by molar-refractivity contribution is 0.106. The van der Waals surface area contributed by atoms with Gasteiger partial charge in [-0.2, -0.15) is 0 Å². The SMILES string of the molecule is O=C(Cl)c1c(Cl)cc(I)nc1C(F)F. The molecule has 0 aliphatic carbocycles. The van der Waals surface area contributed by atoms with Gasteiger partial charge in [0.25, 0.3) is 11.7 Å². The zero-order chi connectivity index (χ0) is 10.9. The van der Waals surface area contributed by atoms with E-state index in [0.717, 1.165) is 0 Å². The monoisotopic (exact) mass is 351 g/mol. The number of hydrogen-bond donors (Lipinski definition) is 0. The number of rotatable bonds is 2. The molecule has 1 heterocycles. The average molecular weight is 352 g/mol. The normalized spacial score (nSPS) is 10.7. The topological polar surface area (TPSA) is 30.0 Å². The maximum atomic E-state index is 12.4. The van der Waals surface area contributed by atoms with E-state index in [4.69, 9.17) is 23.2 Å². The van der Waals surface area contributed by atoms with Crippen molar-refractivity contribution in [3.8, 4) is 0 Å². The van der Waals surface area contributed by atoms with Gasteiger partial charge >= 0.3 is 0 Å². The molecule has 7 heteroatoms. The molecule has 0 fully saturated rings. The number of alkyl halides is 2. The van der Waals surface area contributed by atoms with Crippen LogP contribution in [0, 0.1) is 3.70 Å². The van der Waals surface area contributed by atoms with Crippen molar-refractivity contribution in [3.63, 3.8) is 0 Å². The van der Waals surface area contributed by atoms with E-state index in [0.29, 0.717) is 0 Å². The van der Waals surface area contributed by atoms with Crippen molar-refractivity contribution >= 4 is 51.0 Å². The minimum atomic E-state index is -2.88. The Hall–Kier alpha value is -0.0100. The van der Waals surface area contributed by atoms with Crippen molar-refractivity contribution in [2.45, 2.75) is 6.43 Å². The summed E-state index contributed by atoms with van der Waals surface area (Å²) in [6.07, 6.45) is -2.88. The number of carbonyl (C=O) groups excluding carboxylic acids is 1. The average Bonchev–Trinajstić information content (AvgIpc) is 2.01.